The standard InChI is InChI=1S/C16H25NO2/c1-4-6-12-17(13-7-5-2)16(18)11-10-15-9-8-14(3)19-15/h8-11H,4-7,12-13H2,1-3H3/b11-10+. The van der Waals surface area contributed by atoms with Gasteiger partial charge in [0.05, 0.1) is 0 Å². The summed E-state index contributed by atoms with van der Waals surface area (Å²) >= 11 is 0. The van der Waals surface area contributed by atoms with Gasteiger partial charge in [-0.1, -0.05) is 26.7 Å². The van der Waals surface area contributed by atoms with Crippen molar-refractivity contribution in [3.05, 3.63) is 29.7 Å². The van der Waals surface area contributed by atoms with E-state index in [-0.39, 0.29) is 5.91 Å². The molecule has 0 saturated carbocycles. The fourth-order valence-corrected chi connectivity index (χ4v) is 1.83. The summed E-state index contributed by atoms with van der Waals surface area (Å²) in [5.74, 6) is 1.67. The maximum absolute atomic E-state index is 12.1. The lowest BCUT2D eigenvalue weighted by molar-refractivity contribution is -0.126. The number of aryl methyl sites for hydroxylation is 1. The summed E-state index contributed by atoms with van der Waals surface area (Å²) in [5, 5.41) is 0. The van der Waals surface area contributed by atoms with E-state index in [1.165, 1.54) is 0 Å². The molecule has 0 aliphatic carbocycles. The monoisotopic (exact) mass is 263 g/mol. The molecule has 1 amide bonds. The smallest absolute Gasteiger partial charge is 0.246 e. The molecule has 0 N–H and O–H groups in total. The van der Waals surface area contributed by atoms with Crippen LogP contribution in [0.1, 0.15) is 51.1 Å². The van der Waals surface area contributed by atoms with Crippen LogP contribution in [0.25, 0.3) is 6.08 Å². The van der Waals surface area contributed by atoms with Crippen LogP contribution in [0.5, 0.6) is 0 Å². The van der Waals surface area contributed by atoms with Crippen molar-refractivity contribution in [1.29, 1.82) is 0 Å². The zero-order chi connectivity index (χ0) is 14.1. The second-order valence-electron chi connectivity index (χ2n) is 4.81. The van der Waals surface area contributed by atoms with Crippen LogP contribution in [-0.4, -0.2) is 23.9 Å². The number of furan rings is 1. The quantitative estimate of drug-likeness (QED) is 0.663. The third kappa shape index (κ3) is 5.77. The molecule has 3 nitrogen and oxygen atoms in total. The second kappa shape index (κ2) is 8.57. The topological polar surface area (TPSA) is 33.5 Å². The number of amides is 1. The van der Waals surface area contributed by atoms with Crippen LogP contribution in [0, 0.1) is 6.92 Å². The Morgan fingerprint density at radius 1 is 1.21 bits per heavy atom. The van der Waals surface area contributed by atoms with Crippen LogP contribution in [0.2, 0.25) is 0 Å². The number of carbonyl (C=O) groups excluding carboxylic acids is 1. The molecule has 0 aromatic carbocycles. The predicted molar refractivity (Wildman–Crippen MR) is 78.9 cm³/mol. The lowest BCUT2D eigenvalue weighted by Crippen LogP contribution is -2.31. The molecule has 0 atom stereocenters. The molecule has 0 radical (unpaired) electrons. The van der Waals surface area contributed by atoms with Crippen LogP contribution in [-0.2, 0) is 4.79 Å². The Hall–Kier alpha value is -1.51. The summed E-state index contributed by atoms with van der Waals surface area (Å²) in [7, 11) is 0. The Balaban J connectivity index is 2.56. The molecule has 1 heterocycles. The van der Waals surface area contributed by atoms with E-state index >= 15 is 0 Å². The van der Waals surface area contributed by atoms with Gasteiger partial charge >= 0.3 is 0 Å². The van der Waals surface area contributed by atoms with Gasteiger partial charge < -0.3 is 9.32 Å². The summed E-state index contributed by atoms with van der Waals surface area (Å²) in [4.78, 5) is 14.1. The van der Waals surface area contributed by atoms with Crippen molar-refractivity contribution in [3.63, 3.8) is 0 Å². The maximum atomic E-state index is 12.1. The molecule has 1 rings (SSSR count). The van der Waals surface area contributed by atoms with Gasteiger partial charge in [-0.25, -0.2) is 0 Å². The minimum absolute atomic E-state index is 0.0796. The van der Waals surface area contributed by atoms with Gasteiger partial charge in [-0.2, -0.15) is 0 Å². The summed E-state index contributed by atoms with van der Waals surface area (Å²) < 4.78 is 5.42. The largest absolute Gasteiger partial charge is 0.462 e. The molecular formula is C16H25NO2. The van der Waals surface area contributed by atoms with Gasteiger partial charge in [0.15, 0.2) is 0 Å². The zero-order valence-electron chi connectivity index (χ0n) is 12.3. The zero-order valence-corrected chi connectivity index (χ0v) is 12.3. The first-order valence-corrected chi connectivity index (χ1v) is 7.20. The highest BCUT2D eigenvalue weighted by molar-refractivity contribution is 5.91. The Morgan fingerprint density at radius 2 is 1.84 bits per heavy atom. The molecular weight excluding hydrogens is 238 g/mol. The molecule has 0 saturated heterocycles. The van der Waals surface area contributed by atoms with Crippen LogP contribution in [0.3, 0.4) is 0 Å². The van der Waals surface area contributed by atoms with Crippen LogP contribution < -0.4 is 0 Å². The number of rotatable bonds is 8. The van der Waals surface area contributed by atoms with Gasteiger partial charge in [-0.3, -0.25) is 4.79 Å². The van der Waals surface area contributed by atoms with Crippen molar-refractivity contribution in [2.45, 2.75) is 46.5 Å². The number of hydrogen-bond acceptors (Lipinski definition) is 2. The van der Waals surface area contributed by atoms with Crippen molar-refractivity contribution in [2.75, 3.05) is 13.1 Å². The first-order chi connectivity index (χ1) is 9.17. The third-order valence-corrected chi connectivity index (χ3v) is 3.03. The molecule has 0 fully saturated rings. The number of unbranched alkanes of at least 4 members (excludes halogenated alkanes) is 2. The lowest BCUT2D eigenvalue weighted by atomic mass is 10.2. The average Bonchev–Trinajstić information content (AvgIpc) is 2.82. The summed E-state index contributed by atoms with van der Waals surface area (Å²) in [6, 6.07) is 3.78. The van der Waals surface area contributed by atoms with E-state index < -0.39 is 0 Å². The first kappa shape index (κ1) is 15.5. The van der Waals surface area contributed by atoms with Gasteiger partial charge in [-0.15, -0.1) is 0 Å². The normalized spacial score (nSPS) is 11.1. The molecule has 1 aromatic heterocycles. The van der Waals surface area contributed by atoms with Gasteiger partial charge in [0.25, 0.3) is 0 Å². The van der Waals surface area contributed by atoms with E-state index in [2.05, 4.69) is 13.8 Å². The minimum Gasteiger partial charge on any atom is -0.462 e. The van der Waals surface area contributed by atoms with Crippen LogP contribution in [0.15, 0.2) is 22.6 Å². The summed E-state index contributed by atoms with van der Waals surface area (Å²) in [6.07, 6.45) is 7.70. The van der Waals surface area contributed by atoms with Gasteiger partial charge in [0, 0.05) is 19.2 Å². The third-order valence-electron chi connectivity index (χ3n) is 3.03. The van der Waals surface area contributed by atoms with Gasteiger partial charge in [0.1, 0.15) is 11.5 Å². The average molecular weight is 263 g/mol. The molecule has 3 heteroatoms. The molecule has 19 heavy (non-hydrogen) atoms. The van der Waals surface area contributed by atoms with Gasteiger partial charge in [-0.05, 0) is 38.0 Å². The van der Waals surface area contributed by atoms with E-state index in [1.54, 1.807) is 12.2 Å². The van der Waals surface area contributed by atoms with Gasteiger partial charge in [0.2, 0.25) is 5.91 Å². The number of hydrogen-bond donors (Lipinski definition) is 0. The SMILES string of the molecule is CCCCN(CCCC)C(=O)/C=C/c1ccc(C)o1. The predicted octanol–water partition coefficient (Wildman–Crippen LogP) is 4.03. The summed E-state index contributed by atoms with van der Waals surface area (Å²) in [5.41, 5.74) is 0. The number of carbonyl (C=O) groups is 1. The van der Waals surface area contributed by atoms with E-state index in [1.807, 2.05) is 24.0 Å². The van der Waals surface area contributed by atoms with Crippen molar-refractivity contribution in [2.24, 2.45) is 0 Å². The Bertz CT molecular complexity index is 399. The van der Waals surface area contributed by atoms with Crippen molar-refractivity contribution >= 4 is 12.0 Å². The fourth-order valence-electron chi connectivity index (χ4n) is 1.83. The van der Waals surface area contributed by atoms with Crippen molar-refractivity contribution in [3.8, 4) is 0 Å². The van der Waals surface area contributed by atoms with Crippen LogP contribution in [0.4, 0.5) is 0 Å². The molecule has 0 bridgehead atoms. The van der Waals surface area contributed by atoms with E-state index in [4.69, 9.17) is 4.42 Å². The molecule has 0 aliphatic rings. The van der Waals surface area contributed by atoms with Crippen molar-refractivity contribution < 1.29 is 9.21 Å². The molecule has 106 valence electrons. The minimum atomic E-state index is 0.0796. The highest BCUT2D eigenvalue weighted by Gasteiger charge is 2.09. The van der Waals surface area contributed by atoms with Crippen molar-refractivity contribution in [1.82, 2.24) is 4.90 Å². The Morgan fingerprint density at radius 3 is 2.32 bits per heavy atom. The van der Waals surface area contributed by atoms with E-state index in [9.17, 15) is 4.79 Å². The Labute approximate surface area is 116 Å². The summed E-state index contributed by atoms with van der Waals surface area (Å²) in [6.45, 7) is 7.87. The molecule has 1 aromatic rings. The highest BCUT2D eigenvalue weighted by Crippen LogP contribution is 2.09. The van der Waals surface area contributed by atoms with E-state index in [0.717, 1.165) is 50.3 Å². The number of nitrogens with zero attached hydrogens (tertiary/aromatic N) is 1. The molecule has 0 unspecified atom stereocenters. The highest BCUT2D eigenvalue weighted by atomic mass is 16.3. The molecule has 0 spiro atoms. The van der Waals surface area contributed by atoms with E-state index in [0.29, 0.717) is 0 Å². The second-order valence-corrected chi connectivity index (χ2v) is 4.81. The maximum Gasteiger partial charge on any atom is 0.246 e. The molecule has 0 aliphatic heterocycles. The Kier molecular flexibility index (Phi) is 7.01. The fraction of sp³-hybridized carbons (Fsp3) is 0.562. The van der Waals surface area contributed by atoms with Crippen LogP contribution >= 0.6 is 0 Å². The lowest BCUT2D eigenvalue weighted by Gasteiger charge is -2.20. The first-order valence-electron chi connectivity index (χ1n) is 7.20.